The van der Waals surface area contributed by atoms with Crippen LogP contribution in [0.3, 0.4) is 0 Å². The van der Waals surface area contributed by atoms with Crippen LogP contribution in [0.4, 0.5) is 5.69 Å². The lowest BCUT2D eigenvalue weighted by Crippen LogP contribution is -2.03. The van der Waals surface area contributed by atoms with Crippen molar-refractivity contribution in [3.8, 4) is 11.4 Å². The summed E-state index contributed by atoms with van der Waals surface area (Å²) in [6.07, 6.45) is 3.60. The number of hydrogen-bond acceptors (Lipinski definition) is 3. The Balaban J connectivity index is 2.29. The Morgan fingerprint density at radius 1 is 1.20 bits per heavy atom. The first-order valence-electron chi connectivity index (χ1n) is 6.76. The summed E-state index contributed by atoms with van der Waals surface area (Å²) in [5, 5.41) is 0. The molecule has 4 nitrogen and oxygen atoms in total. The third-order valence-corrected chi connectivity index (χ3v) is 3.55. The molecule has 3 rings (SSSR count). The second kappa shape index (κ2) is 4.63. The highest BCUT2D eigenvalue weighted by Crippen LogP contribution is 2.29. The predicted molar refractivity (Wildman–Crippen MR) is 82.5 cm³/mol. The molecule has 3 aromatic rings. The summed E-state index contributed by atoms with van der Waals surface area (Å²) in [6.45, 7) is 6.32. The molecule has 2 N–H and O–H groups in total. The molecule has 2 aromatic heterocycles. The molecular weight excluding hydrogens is 248 g/mol. The van der Waals surface area contributed by atoms with E-state index >= 15 is 0 Å². The monoisotopic (exact) mass is 266 g/mol. The van der Waals surface area contributed by atoms with Crippen LogP contribution in [0.25, 0.3) is 22.4 Å². The molecule has 20 heavy (non-hydrogen) atoms. The summed E-state index contributed by atoms with van der Waals surface area (Å²) in [5.41, 5.74) is 11.0. The second-order valence-electron chi connectivity index (χ2n) is 5.33. The molecule has 0 aliphatic heterocycles. The number of nitrogen functional groups attached to an aromatic ring is 1. The van der Waals surface area contributed by atoms with Crippen molar-refractivity contribution in [3.05, 3.63) is 42.2 Å². The van der Waals surface area contributed by atoms with Gasteiger partial charge in [0.2, 0.25) is 0 Å². The van der Waals surface area contributed by atoms with Gasteiger partial charge in [0.1, 0.15) is 11.3 Å². The van der Waals surface area contributed by atoms with E-state index in [1.54, 1.807) is 12.4 Å². The van der Waals surface area contributed by atoms with Gasteiger partial charge in [0, 0.05) is 23.5 Å². The molecule has 0 unspecified atom stereocenters. The van der Waals surface area contributed by atoms with E-state index in [-0.39, 0.29) is 0 Å². The van der Waals surface area contributed by atoms with Gasteiger partial charge in [0.25, 0.3) is 0 Å². The first-order valence-corrected chi connectivity index (χ1v) is 6.76. The Kier molecular flexibility index (Phi) is 2.93. The van der Waals surface area contributed by atoms with Crippen LogP contribution in [0.5, 0.6) is 0 Å². The van der Waals surface area contributed by atoms with Crippen LogP contribution in [-0.4, -0.2) is 14.5 Å². The van der Waals surface area contributed by atoms with E-state index < -0.39 is 0 Å². The van der Waals surface area contributed by atoms with Crippen molar-refractivity contribution in [3.63, 3.8) is 0 Å². The molecule has 0 aliphatic carbocycles. The van der Waals surface area contributed by atoms with E-state index in [1.165, 1.54) is 0 Å². The molecule has 0 spiro atoms. The maximum Gasteiger partial charge on any atom is 0.141 e. The summed E-state index contributed by atoms with van der Waals surface area (Å²) >= 11 is 0. The van der Waals surface area contributed by atoms with Crippen LogP contribution >= 0.6 is 0 Å². The lowest BCUT2D eigenvalue weighted by Gasteiger charge is -2.13. The molecule has 0 saturated carbocycles. The summed E-state index contributed by atoms with van der Waals surface area (Å²) in [5.74, 6) is 0.940. The lowest BCUT2D eigenvalue weighted by molar-refractivity contribution is 0.624. The van der Waals surface area contributed by atoms with Crippen molar-refractivity contribution in [2.45, 2.75) is 26.8 Å². The van der Waals surface area contributed by atoms with E-state index in [4.69, 9.17) is 10.7 Å². The van der Waals surface area contributed by atoms with Gasteiger partial charge in [-0.25, -0.2) is 4.98 Å². The molecule has 0 bridgehead atoms. The van der Waals surface area contributed by atoms with E-state index in [0.717, 1.165) is 33.7 Å². The number of nitrogens with zero attached hydrogens (tertiary/aromatic N) is 3. The number of aryl methyl sites for hydroxylation is 1. The predicted octanol–water partition coefficient (Wildman–Crippen LogP) is 3.57. The Bertz CT molecular complexity index is 771. The molecular formula is C16H18N4. The third-order valence-electron chi connectivity index (χ3n) is 3.55. The topological polar surface area (TPSA) is 56.7 Å². The van der Waals surface area contributed by atoms with Gasteiger partial charge in [0.15, 0.2) is 0 Å². The van der Waals surface area contributed by atoms with Crippen LogP contribution in [-0.2, 0) is 0 Å². The van der Waals surface area contributed by atoms with Crippen LogP contribution in [0.2, 0.25) is 0 Å². The van der Waals surface area contributed by atoms with E-state index in [2.05, 4.69) is 29.5 Å². The van der Waals surface area contributed by atoms with Crippen molar-refractivity contribution in [2.75, 3.05) is 5.73 Å². The SMILES string of the molecule is Cc1ccc(-c2nc3cnccc3n2C(C)C)cc1N. The smallest absolute Gasteiger partial charge is 0.141 e. The van der Waals surface area contributed by atoms with Gasteiger partial charge in [-0.05, 0) is 38.5 Å². The molecule has 102 valence electrons. The number of nitrogens with two attached hydrogens (primary N) is 1. The number of benzene rings is 1. The number of hydrogen-bond donors (Lipinski definition) is 1. The maximum atomic E-state index is 6.03. The molecule has 4 heteroatoms. The zero-order chi connectivity index (χ0) is 14.3. The van der Waals surface area contributed by atoms with Crippen molar-refractivity contribution in [1.82, 2.24) is 14.5 Å². The fourth-order valence-corrected chi connectivity index (χ4v) is 2.46. The Morgan fingerprint density at radius 2 is 2.00 bits per heavy atom. The molecule has 0 radical (unpaired) electrons. The van der Waals surface area contributed by atoms with Gasteiger partial charge in [-0.15, -0.1) is 0 Å². The number of imidazole rings is 1. The Hall–Kier alpha value is -2.36. The fraction of sp³-hybridized carbons (Fsp3) is 0.250. The first kappa shape index (κ1) is 12.7. The maximum absolute atomic E-state index is 6.03. The highest BCUT2D eigenvalue weighted by atomic mass is 15.1. The summed E-state index contributed by atoms with van der Waals surface area (Å²) in [7, 11) is 0. The molecule has 2 heterocycles. The minimum Gasteiger partial charge on any atom is -0.398 e. The quantitative estimate of drug-likeness (QED) is 0.721. The number of pyridine rings is 1. The van der Waals surface area contributed by atoms with Crippen LogP contribution < -0.4 is 5.73 Å². The average Bonchev–Trinajstić information content (AvgIpc) is 2.81. The standard InChI is InChI=1S/C16H18N4/c1-10(2)20-15-6-7-18-9-14(15)19-16(20)12-5-4-11(3)13(17)8-12/h4-10H,17H2,1-3H3. The summed E-state index contributed by atoms with van der Waals surface area (Å²) in [4.78, 5) is 8.87. The number of rotatable bonds is 2. The molecule has 0 atom stereocenters. The average molecular weight is 266 g/mol. The molecule has 0 amide bonds. The number of anilines is 1. The third kappa shape index (κ3) is 1.93. The molecule has 0 fully saturated rings. The highest BCUT2D eigenvalue weighted by molar-refractivity contribution is 5.80. The normalized spacial score (nSPS) is 11.4. The number of aromatic nitrogens is 3. The molecule has 0 saturated heterocycles. The Labute approximate surface area is 118 Å². The van der Waals surface area contributed by atoms with Crippen molar-refractivity contribution in [1.29, 1.82) is 0 Å². The summed E-state index contributed by atoms with van der Waals surface area (Å²) in [6, 6.07) is 8.41. The van der Waals surface area contributed by atoms with Gasteiger partial charge < -0.3 is 10.3 Å². The summed E-state index contributed by atoms with van der Waals surface area (Å²) < 4.78 is 2.22. The van der Waals surface area contributed by atoms with Gasteiger partial charge in [-0.1, -0.05) is 12.1 Å². The van der Waals surface area contributed by atoms with Crippen LogP contribution in [0, 0.1) is 6.92 Å². The second-order valence-corrected chi connectivity index (χ2v) is 5.33. The lowest BCUT2D eigenvalue weighted by atomic mass is 10.1. The molecule has 1 aromatic carbocycles. The number of fused-ring (bicyclic) bond motifs is 1. The van der Waals surface area contributed by atoms with Gasteiger partial charge >= 0.3 is 0 Å². The van der Waals surface area contributed by atoms with Crippen molar-refractivity contribution < 1.29 is 0 Å². The largest absolute Gasteiger partial charge is 0.398 e. The van der Waals surface area contributed by atoms with Crippen LogP contribution in [0.1, 0.15) is 25.5 Å². The van der Waals surface area contributed by atoms with E-state index in [1.807, 2.05) is 25.1 Å². The highest BCUT2D eigenvalue weighted by Gasteiger charge is 2.15. The van der Waals surface area contributed by atoms with Gasteiger partial charge in [-0.2, -0.15) is 0 Å². The molecule has 0 aliphatic rings. The zero-order valence-corrected chi connectivity index (χ0v) is 12.0. The van der Waals surface area contributed by atoms with Crippen LogP contribution in [0.15, 0.2) is 36.7 Å². The Morgan fingerprint density at radius 3 is 2.70 bits per heavy atom. The van der Waals surface area contributed by atoms with E-state index in [0.29, 0.717) is 6.04 Å². The van der Waals surface area contributed by atoms with Gasteiger partial charge in [-0.3, -0.25) is 4.98 Å². The van der Waals surface area contributed by atoms with E-state index in [9.17, 15) is 0 Å². The van der Waals surface area contributed by atoms with Gasteiger partial charge in [0.05, 0.1) is 11.7 Å². The van der Waals surface area contributed by atoms with Crippen molar-refractivity contribution in [2.24, 2.45) is 0 Å². The zero-order valence-electron chi connectivity index (χ0n) is 12.0. The van der Waals surface area contributed by atoms with Crippen molar-refractivity contribution >= 4 is 16.7 Å². The minimum atomic E-state index is 0.319. The fourth-order valence-electron chi connectivity index (χ4n) is 2.46. The minimum absolute atomic E-state index is 0.319. The first-order chi connectivity index (χ1) is 9.58.